The molecule has 0 fully saturated rings. The van der Waals surface area contributed by atoms with Crippen molar-refractivity contribution in [2.45, 2.75) is 19.8 Å². The molecule has 0 saturated carbocycles. The smallest absolute Gasteiger partial charge is 0.278 e. The highest BCUT2D eigenvalue weighted by molar-refractivity contribution is 7.15. The molecule has 3 aromatic rings. The number of pyridine rings is 1. The van der Waals surface area contributed by atoms with Crippen molar-refractivity contribution >= 4 is 22.9 Å². The van der Waals surface area contributed by atoms with E-state index in [1.165, 1.54) is 11.3 Å². The Morgan fingerprint density at radius 2 is 2.26 bits per heavy atom. The number of aryl methyl sites for hydroxylation is 2. The van der Waals surface area contributed by atoms with E-state index in [2.05, 4.69) is 9.97 Å². The molecule has 0 radical (unpaired) electrons. The van der Waals surface area contributed by atoms with Crippen LogP contribution >= 0.6 is 11.3 Å². The van der Waals surface area contributed by atoms with E-state index in [1.54, 1.807) is 17.4 Å². The number of carbonyl (C=O) groups is 1. The number of thiazole rings is 1. The van der Waals surface area contributed by atoms with Crippen molar-refractivity contribution in [1.29, 1.82) is 0 Å². The molecule has 1 amide bonds. The van der Waals surface area contributed by atoms with E-state index in [4.69, 9.17) is 4.42 Å². The van der Waals surface area contributed by atoms with Crippen LogP contribution in [0.5, 0.6) is 0 Å². The van der Waals surface area contributed by atoms with Crippen LogP contribution in [0.15, 0.2) is 41.1 Å². The molecule has 0 aromatic carbocycles. The summed E-state index contributed by atoms with van der Waals surface area (Å²) in [7, 11) is 0. The van der Waals surface area contributed by atoms with E-state index in [-0.39, 0.29) is 5.91 Å². The second kappa shape index (κ2) is 5.62. The van der Waals surface area contributed by atoms with Crippen LogP contribution in [-0.2, 0) is 6.42 Å². The number of anilines is 1. The van der Waals surface area contributed by atoms with Crippen LogP contribution in [0.1, 0.15) is 27.5 Å². The molecule has 0 saturated heterocycles. The Balaban J connectivity index is 1.71. The summed E-state index contributed by atoms with van der Waals surface area (Å²) in [5.74, 6) is 0.628. The minimum Gasteiger partial charge on any atom is -0.462 e. The number of amides is 1. The first-order valence-electron chi connectivity index (χ1n) is 7.51. The average molecular weight is 325 g/mol. The molecule has 0 aliphatic carbocycles. The lowest BCUT2D eigenvalue weighted by molar-refractivity contribution is 0.0980. The van der Waals surface area contributed by atoms with Crippen LogP contribution in [0.4, 0.5) is 5.69 Å². The van der Waals surface area contributed by atoms with Crippen LogP contribution in [0.25, 0.3) is 10.8 Å². The first-order valence-corrected chi connectivity index (χ1v) is 8.33. The molecule has 6 heteroatoms. The first kappa shape index (κ1) is 14.1. The number of carbonyl (C=O) groups excluding carboxylic acids is 1. The maximum Gasteiger partial charge on any atom is 0.278 e. The molecule has 0 N–H and O–H groups in total. The third kappa shape index (κ3) is 2.45. The summed E-state index contributed by atoms with van der Waals surface area (Å²) in [6, 6.07) is 7.49. The molecule has 1 aliphatic heterocycles. The van der Waals surface area contributed by atoms with Crippen LogP contribution in [-0.4, -0.2) is 22.4 Å². The van der Waals surface area contributed by atoms with E-state index in [9.17, 15) is 4.79 Å². The average Bonchev–Trinajstić information content (AvgIpc) is 3.23. The monoisotopic (exact) mass is 325 g/mol. The van der Waals surface area contributed by atoms with Crippen molar-refractivity contribution in [1.82, 2.24) is 9.97 Å². The minimum absolute atomic E-state index is 0.0643. The fraction of sp³-hybridized carbons (Fsp3) is 0.235. The zero-order valence-electron chi connectivity index (χ0n) is 12.7. The number of fused-ring (bicyclic) bond motifs is 1. The lowest BCUT2D eigenvalue weighted by Crippen LogP contribution is -2.36. The van der Waals surface area contributed by atoms with Crippen molar-refractivity contribution in [3.8, 4) is 10.8 Å². The van der Waals surface area contributed by atoms with Gasteiger partial charge in [-0.05, 0) is 44.0 Å². The fourth-order valence-electron chi connectivity index (χ4n) is 2.83. The molecule has 0 bridgehead atoms. The van der Waals surface area contributed by atoms with Crippen LogP contribution in [0.3, 0.4) is 0 Å². The first-order chi connectivity index (χ1) is 11.2. The Morgan fingerprint density at radius 3 is 3.09 bits per heavy atom. The summed E-state index contributed by atoms with van der Waals surface area (Å²) in [6.07, 6.45) is 5.22. The normalized spacial score (nSPS) is 13.9. The quantitative estimate of drug-likeness (QED) is 0.721. The highest BCUT2D eigenvalue weighted by atomic mass is 32.1. The van der Waals surface area contributed by atoms with Gasteiger partial charge in [0, 0.05) is 17.6 Å². The molecular formula is C17H15N3O2S. The molecule has 4 heterocycles. The van der Waals surface area contributed by atoms with E-state index < -0.39 is 0 Å². The van der Waals surface area contributed by atoms with E-state index in [1.807, 2.05) is 31.2 Å². The Hall–Kier alpha value is -2.47. The van der Waals surface area contributed by atoms with Crippen LogP contribution < -0.4 is 4.90 Å². The van der Waals surface area contributed by atoms with Crippen LogP contribution in [0, 0.1) is 6.92 Å². The number of furan rings is 1. The van der Waals surface area contributed by atoms with E-state index in [0.29, 0.717) is 18.0 Å². The van der Waals surface area contributed by atoms with Gasteiger partial charge in [0.25, 0.3) is 5.91 Å². The molecule has 1 aliphatic rings. The van der Waals surface area contributed by atoms with E-state index >= 15 is 0 Å². The lowest BCUT2D eigenvalue weighted by Gasteiger charge is -2.28. The number of rotatable bonds is 2. The summed E-state index contributed by atoms with van der Waals surface area (Å²) in [6.45, 7) is 2.62. The summed E-state index contributed by atoms with van der Waals surface area (Å²) in [4.78, 5) is 24.6. The number of nitrogens with zero attached hydrogens (tertiary/aromatic N) is 3. The van der Waals surface area contributed by atoms with Gasteiger partial charge < -0.3 is 9.32 Å². The second-order valence-corrected chi connectivity index (χ2v) is 6.63. The van der Waals surface area contributed by atoms with Gasteiger partial charge in [-0.15, -0.1) is 11.3 Å². The predicted molar refractivity (Wildman–Crippen MR) is 88.8 cm³/mol. The number of hydrogen-bond donors (Lipinski definition) is 0. The summed E-state index contributed by atoms with van der Waals surface area (Å²) in [5, 5.41) is 0.735. The lowest BCUT2D eigenvalue weighted by atomic mass is 10.1. The zero-order valence-corrected chi connectivity index (χ0v) is 13.5. The predicted octanol–water partition coefficient (Wildman–Crippen LogP) is 3.70. The van der Waals surface area contributed by atoms with Gasteiger partial charge >= 0.3 is 0 Å². The van der Waals surface area contributed by atoms with Crippen molar-refractivity contribution in [2.24, 2.45) is 0 Å². The molecule has 5 nitrogen and oxygen atoms in total. The molecule has 23 heavy (non-hydrogen) atoms. The minimum atomic E-state index is -0.0643. The van der Waals surface area contributed by atoms with Gasteiger partial charge in [-0.1, -0.05) is 0 Å². The molecular weight excluding hydrogens is 310 g/mol. The Labute approximate surface area is 137 Å². The van der Waals surface area contributed by atoms with Crippen molar-refractivity contribution in [3.63, 3.8) is 0 Å². The standard InChI is InChI=1S/C17H15N3O2S/c1-11-15(19-16(23-11)14-7-4-10-22-14)17(21)20-9-3-5-12-13(20)6-2-8-18-12/h2,4,6-8,10H,3,5,9H2,1H3. The number of hydrogen-bond acceptors (Lipinski definition) is 5. The Bertz CT molecular complexity index is 855. The Morgan fingerprint density at radius 1 is 1.35 bits per heavy atom. The zero-order chi connectivity index (χ0) is 15.8. The largest absolute Gasteiger partial charge is 0.462 e. The van der Waals surface area contributed by atoms with E-state index in [0.717, 1.165) is 34.1 Å². The third-order valence-corrected chi connectivity index (χ3v) is 4.91. The fourth-order valence-corrected chi connectivity index (χ4v) is 3.71. The van der Waals surface area contributed by atoms with Crippen molar-refractivity contribution in [3.05, 3.63) is 53.0 Å². The van der Waals surface area contributed by atoms with Gasteiger partial charge in [0.05, 0.1) is 17.6 Å². The van der Waals surface area contributed by atoms with Gasteiger partial charge in [0.2, 0.25) is 0 Å². The molecule has 0 unspecified atom stereocenters. The van der Waals surface area contributed by atoms with Gasteiger partial charge in [0.1, 0.15) is 5.69 Å². The molecule has 0 atom stereocenters. The summed E-state index contributed by atoms with van der Waals surface area (Å²) < 4.78 is 5.38. The van der Waals surface area contributed by atoms with Gasteiger partial charge in [-0.3, -0.25) is 9.78 Å². The topological polar surface area (TPSA) is 59.2 Å². The van der Waals surface area contributed by atoms with Gasteiger partial charge in [0.15, 0.2) is 10.8 Å². The highest BCUT2D eigenvalue weighted by Gasteiger charge is 2.27. The van der Waals surface area contributed by atoms with Crippen molar-refractivity contribution in [2.75, 3.05) is 11.4 Å². The summed E-state index contributed by atoms with van der Waals surface area (Å²) >= 11 is 1.48. The molecule has 3 aromatic heterocycles. The van der Waals surface area contributed by atoms with Gasteiger partial charge in [-0.25, -0.2) is 4.98 Å². The van der Waals surface area contributed by atoms with Crippen molar-refractivity contribution < 1.29 is 9.21 Å². The maximum absolute atomic E-state index is 13.0. The maximum atomic E-state index is 13.0. The third-order valence-electron chi connectivity index (χ3n) is 3.93. The van der Waals surface area contributed by atoms with Gasteiger partial charge in [-0.2, -0.15) is 0 Å². The molecule has 116 valence electrons. The Kier molecular flexibility index (Phi) is 3.46. The van der Waals surface area contributed by atoms with Crippen LogP contribution in [0.2, 0.25) is 0 Å². The second-order valence-electron chi connectivity index (χ2n) is 5.43. The number of aromatic nitrogens is 2. The molecule has 4 rings (SSSR count). The summed E-state index contributed by atoms with van der Waals surface area (Å²) in [5.41, 5.74) is 2.38. The highest BCUT2D eigenvalue weighted by Crippen LogP contribution is 2.31. The SMILES string of the molecule is Cc1sc(-c2ccco2)nc1C(=O)N1CCCc2ncccc21. The molecule has 0 spiro atoms.